The van der Waals surface area contributed by atoms with Crippen LogP contribution >= 0.6 is 31.9 Å². The number of halogens is 2. The monoisotopic (exact) mass is 540 g/mol. The number of benzene rings is 3. The first-order valence-corrected chi connectivity index (χ1v) is 11.0. The van der Waals surface area contributed by atoms with Crippen LogP contribution in [0.2, 0.25) is 0 Å². The molecular weight excluding hydrogens is 528 g/mol. The van der Waals surface area contributed by atoms with E-state index >= 15 is 0 Å². The predicted octanol–water partition coefficient (Wildman–Crippen LogP) is 4.96. The van der Waals surface area contributed by atoms with Gasteiger partial charge in [0.1, 0.15) is 6.04 Å². The molecule has 1 unspecified atom stereocenters. The molecule has 0 bridgehead atoms. The maximum atomic E-state index is 13.1. The third kappa shape index (κ3) is 3.09. The minimum absolute atomic E-state index is 0.289. The lowest BCUT2D eigenvalue weighted by Gasteiger charge is -2.21. The summed E-state index contributed by atoms with van der Waals surface area (Å²) in [6, 6.07) is 16.8. The third-order valence-corrected chi connectivity index (χ3v) is 6.37. The molecule has 154 valence electrons. The van der Waals surface area contributed by atoms with Crippen molar-refractivity contribution in [1.29, 1.82) is 0 Å². The minimum Gasteiger partial charge on any atom is -0.334 e. The van der Waals surface area contributed by atoms with Crippen LogP contribution in [0.1, 0.15) is 27.6 Å². The second-order valence-corrected chi connectivity index (χ2v) is 9.06. The summed E-state index contributed by atoms with van der Waals surface area (Å²) in [5.74, 6) is -1.72. The Labute approximate surface area is 193 Å². The Balaban J connectivity index is 1.55. The van der Waals surface area contributed by atoms with Gasteiger partial charge in [-0.2, -0.15) is 4.73 Å². The molecule has 4 aromatic rings. The molecule has 1 aliphatic heterocycles. The molecule has 6 nitrogen and oxygen atoms in total. The van der Waals surface area contributed by atoms with E-state index in [0.717, 1.165) is 24.6 Å². The third-order valence-electron chi connectivity index (χ3n) is 5.38. The summed E-state index contributed by atoms with van der Waals surface area (Å²) >= 11 is 6.92. The molecule has 0 saturated carbocycles. The SMILES string of the molecule is CC(C(=O)On1c2cc(Br)ccc2c2ccc(Br)cc21)N1C(=O)c2ccccc2C1=O. The molecule has 0 fully saturated rings. The van der Waals surface area contributed by atoms with Crippen molar-refractivity contribution in [3.05, 3.63) is 80.7 Å². The molecule has 1 aromatic heterocycles. The zero-order valence-corrected chi connectivity index (χ0v) is 19.3. The topological polar surface area (TPSA) is 68.6 Å². The Kier molecular flexibility index (Phi) is 4.71. The summed E-state index contributed by atoms with van der Waals surface area (Å²) in [5, 5.41) is 1.82. The summed E-state index contributed by atoms with van der Waals surface area (Å²) in [6.45, 7) is 1.49. The fraction of sp³-hybridized carbons (Fsp3) is 0.0870. The normalized spacial score (nSPS) is 14.4. The number of amides is 2. The number of aromatic nitrogens is 1. The second kappa shape index (κ2) is 7.32. The Morgan fingerprint density at radius 3 is 1.81 bits per heavy atom. The zero-order valence-electron chi connectivity index (χ0n) is 16.1. The lowest BCUT2D eigenvalue weighted by Crippen LogP contribution is -2.46. The number of imide groups is 1. The Bertz CT molecular complexity index is 1330. The summed E-state index contributed by atoms with van der Waals surface area (Å²) in [7, 11) is 0. The molecule has 2 amide bonds. The first-order chi connectivity index (χ1) is 14.9. The highest BCUT2D eigenvalue weighted by Gasteiger charge is 2.41. The van der Waals surface area contributed by atoms with E-state index in [4.69, 9.17) is 4.84 Å². The van der Waals surface area contributed by atoms with Crippen LogP contribution in [0.4, 0.5) is 0 Å². The standard InChI is InChI=1S/C23H14Br2N2O4/c1-12(26-21(28)17-4-2-3-5-18(17)22(26)29)23(30)31-27-19-10-13(24)6-8-15(19)16-9-7-14(25)11-20(16)27/h2-12H,1H3. The summed E-state index contributed by atoms with van der Waals surface area (Å²) in [4.78, 5) is 45.3. The highest BCUT2D eigenvalue weighted by Crippen LogP contribution is 2.32. The molecule has 0 aliphatic carbocycles. The fourth-order valence-corrected chi connectivity index (χ4v) is 4.56. The van der Waals surface area contributed by atoms with Crippen molar-refractivity contribution in [2.24, 2.45) is 0 Å². The van der Waals surface area contributed by atoms with E-state index in [1.54, 1.807) is 24.3 Å². The van der Waals surface area contributed by atoms with Crippen molar-refractivity contribution in [2.45, 2.75) is 13.0 Å². The van der Waals surface area contributed by atoms with Crippen LogP contribution in [-0.4, -0.2) is 33.5 Å². The highest BCUT2D eigenvalue weighted by molar-refractivity contribution is 9.10. The van der Waals surface area contributed by atoms with Crippen molar-refractivity contribution in [3.8, 4) is 0 Å². The molecular formula is C23H14Br2N2O4. The second-order valence-electron chi connectivity index (χ2n) is 7.23. The summed E-state index contributed by atoms with van der Waals surface area (Å²) in [5.41, 5.74) is 1.95. The van der Waals surface area contributed by atoms with Gasteiger partial charge in [0, 0.05) is 19.7 Å². The van der Waals surface area contributed by atoms with Crippen molar-refractivity contribution in [2.75, 3.05) is 0 Å². The molecule has 5 rings (SSSR count). The molecule has 2 heterocycles. The van der Waals surface area contributed by atoms with Crippen LogP contribution in [-0.2, 0) is 4.79 Å². The van der Waals surface area contributed by atoms with Crippen LogP contribution in [0.15, 0.2) is 69.6 Å². The number of hydrogen-bond acceptors (Lipinski definition) is 4. The van der Waals surface area contributed by atoms with Gasteiger partial charge in [0.25, 0.3) is 11.8 Å². The van der Waals surface area contributed by atoms with Gasteiger partial charge in [-0.05, 0) is 43.3 Å². The van der Waals surface area contributed by atoms with Gasteiger partial charge in [-0.15, -0.1) is 0 Å². The fourth-order valence-electron chi connectivity index (χ4n) is 3.86. The van der Waals surface area contributed by atoms with Gasteiger partial charge in [0.2, 0.25) is 0 Å². The van der Waals surface area contributed by atoms with E-state index in [1.807, 2.05) is 36.4 Å². The predicted molar refractivity (Wildman–Crippen MR) is 123 cm³/mol. The van der Waals surface area contributed by atoms with Gasteiger partial charge in [-0.1, -0.05) is 56.1 Å². The van der Waals surface area contributed by atoms with E-state index in [9.17, 15) is 14.4 Å². The average molecular weight is 542 g/mol. The Morgan fingerprint density at radius 2 is 1.32 bits per heavy atom. The maximum absolute atomic E-state index is 13.1. The van der Waals surface area contributed by atoms with E-state index in [1.165, 1.54) is 11.7 Å². The molecule has 0 spiro atoms. The number of rotatable bonds is 3. The molecule has 0 N–H and O–H groups in total. The lowest BCUT2D eigenvalue weighted by molar-refractivity contribution is -0.147. The highest BCUT2D eigenvalue weighted by atomic mass is 79.9. The molecule has 8 heteroatoms. The average Bonchev–Trinajstić information content (AvgIpc) is 3.19. The van der Waals surface area contributed by atoms with Gasteiger partial charge in [-0.3, -0.25) is 14.5 Å². The van der Waals surface area contributed by atoms with Gasteiger partial charge >= 0.3 is 5.97 Å². The quantitative estimate of drug-likeness (QED) is 0.344. The number of hydrogen-bond donors (Lipinski definition) is 0. The smallest absolute Gasteiger partial charge is 0.334 e. The van der Waals surface area contributed by atoms with Gasteiger partial charge in [0.05, 0.1) is 22.2 Å². The van der Waals surface area contributed by atoms with E-state index in [-0.39, 0.29) is 11.1 Å². The van der Waals surface area contributed by atoms with Gasteiger partial charge in [0.15, 0.2) is 0 Å². The van der Waals surface area contributed by atoms with E-state index < -0.39 is 23.8 Å². The number of carbonyl (C=O) groups excluding carboxylic acids is 3. The zero-order chi connectivity index (χ0) is 21.9. The summed E-state index contributed by atoms with van der Waals surface area (Å²) < 4.78 is 3.09. The van der Waals surface area contributed by atoms with Gasteiger partial charge < -0.3 is 4.84 Å². The Hall–Kier alpha value is -2.97. The largest absolute Gasteiger partial charge is 0.355 e. The van der Waals surface area contributed by atoms with Crippen LogP contribution in [0.3, 0.4) is 0 Å². The molecule has 1 aliphatic rings. The van der Waals surface area contributed by atoms with Crippen molar-refractivity contribution < 1.29 is 19.2 Å². The number of nitrogens with zero attached hydrogens (tertiary/aromatic N) is 2. The molecule has 0 saturated heterocycles. The van der Waals surface area contributed by atoms with Crippen LogP contribution in [0.5, 0.6) is 0 Å². The van der Waals surface area contributed by atoms with Crippen molar-refractivity contribution >= 4 is 71.4 Å². The molecule has 31 heavy (non-hydrogen) atoms. The van der Waals surface area contributed by atoms with E-state index in [0.29, 0.717) is 11.0 Å². The molecule has 0 radical (unpaired) electrons. The lowest BCUT2D eigenvalue weighted by atomic mass is 10.1. The number of carbonyl (C=O) groups is 3. The summed E-state index contributed by atoms with van der Waals surface area (Å²) in [6.07, 6.45) is 0. The van der Waals surface area contributed by atoms with Crippen molar-refractivity contribution in [3.63, 3.8) is 0 Å². The van der Waals surface area contributed by atoms with E-state index in [2.05, 4.69) is 31.9 Å². The van der Waals surface area contributed by atoms with Crippen molar-refractivity contribution in [1.82, 2.24) is 9.63 Å². The van der Waals surface area contributed by atoms with Crippen LogP contribution in [0, 0.1) is 0 Å². The minimum atomic E-state index is -1.10. The first kappa shape index (κ1) is 20.0. The molecule has 3 aromatic carbocycles. The van der Waals surface area contributed by atoms with Crippen LogP contribution in [0.25, 0.3) is 21.8 Å². The Morgan fingerprint density at radius 1 is 0.839 bits per heavy atom. The first-order valence-electron chi connectivity index (χ1n) is 9.45. The number of fused-ring (bicyclic) bond motifs is 4. The maximum Gasteiger partial charge on any atom is 0.355 e. The van der Waals surface area contributed by atoms with Gasteiger partial charge in [-0.25, -0.2) is 4.79 Å². The molecule has 1 atom stereocenters. The van der Waals surface area contributed by atoms with Crippen LogP contribution < -0.4 is 4.84 Å².